The van der Waals surface area contributed by atoms with Crippen molar-refractivity contribution in [1.82, 2.24) is 19.3 Å². The number of hydrogen-bond donors (Lipinski definition) is 1. The molecular weight excluding hydrogens is 532 g/mol. The van der Waals surface area contributed by atoms with Crippen LogP contribution in [0.25, 0.3) is 22.4 Å². The third kappa shape index (κ3) is 6.17. The molecule has 1 N–H and O–H groups in total. The van der Waals surface area contributed by atoms with Crippen molar-refractivity contribution in [3.05, 3.63) is 81.2 Å². The van der Waals surface area contributed by atoms with E-state index in [4.69, 9.17) is 0 Å². The summed E-state index contributed by atoms with van der Waals surface area (Å²) in [6, 6.07) is 12.2. The lowest BCUT2D eigenvalue weighted by Crippen LogP contribution is -2.30. The van der Waals surface area contributed by atoms with Crippen LogP contribution >= 0.6 is 11.3 Å². The molecule has 0 aliphatic rings. The van der Waals surface area contributed by atoms with Crippen molar-refractivity contribution in [2.75, 3.05) is 6.54 Å². The highest BCUT2D eigenvalue weighted by Gasteiger charge is 2.25. The van der Waals surface area contributed by atoms with Crippen LogP contribution in [0.5, 0.6) is 0 Å². The number of aryl methyl sites for hydroxylation is 2. The van der Waals surface area contributed by atoms with Gasteiger partial charge < -0.3 is 5.32 Å². The van der Waals surface area contributed by atoms with Crippen LogP contribution in [0.15, 0.2) is 48.0 Å². The largest absolute Gasteiger partial charge is 0.345 e. The first kappa shape index (κ1) is 28.4. The number of nitrogens with one attached hydrogen (secondary N) is 1. The molecule has 0 bridgehead atoms. The third-order valence-corrected chi connectivity index (χ3v) is 9.53. The van der Waals surface area contributed by atoms with E-state index < -0.39 is 21.2 Å². The van der Waals surface area contributed by atoms with E-state index in [1.807, 2.05) is 49.6 Å². The van der Waals surface area contributed by atoms with Crippen LogP contribution in [0.3, 0.4) is 0 Å². The first-order valence-corrected chi connectivity index (χ1v) is 15.0. The molecule has 0 fully saturated rings. The van der Waals surface area contributed by atoms with E-state index >= 15 is 0 Å². The van der Waals surface area contributed by atoms with Crippen molar-refractivity contribution in [2.24, 2.45) is 0 Å². The highest BCUT2D eigenvalue weighted by Crippen LogP contribution is 2.28. The average molecular weight is 565 g/mol. The molecule has 1 aromatic carbocycles. The van der Waals surface area contributed by atoms with Crippen molar-refractivity contribution < 1.29 is 18.0 Å². The quantitative estimate of drug-likeness (QED) is 0.305. The molecule has 0 unspecified atom stereocenters. The number of hydrogen-bond acceptors (Lipinski definition) is 7. The molecule has 4 aromatic rings. The minimum Gasteiger partial charge on any atom is -0.345 e. The normalized spacial score (nSPS) is 11.7. The molecule has 0 saturated heterocycles. The lowest BCUT2D eigenvalue weighted by atomic mass is 10.0. The monoisotopic (exact) mass is 564 g/mol. The standard InChI is InChI=1S/C29H32N4O4S2/c1-17(2)39(36,37)33-15-26(20(5)21(33)6)29(35)30-14-25(34)13-28-32-27(16-38-28)23-9-7-8-22(12-23)24-10-18(3)31-19(4)11-24/h7-12,15-17H,13-14H2,1-6H3,(H,30,35). The number of pyridine rings is 1. The number of Topliss-reactive ketones (excluding diaryl/α,β-unsaturated/α-hetero) is 1. The van der Waals surface area contributed by atoms with E-state index in [-0.39, 0.29) is 24.3 Å². The van der Waals surface area contributed by atoms with Gasteiger partial charge in [-0.25, -0.2) is 17.4 Å². The molecule has 0 radical (unpaired) electrons. The number of nitrogens with zero attached hydrogens (tertiary/aromatic N) is 3. The Kier molecular flexibility index (Phi) is 8.17. The van der Waals surface area contributed by atoms with Crippen LogP contribution < -0.4 is 5.32 Å². The van der Waals surface area contributed by atoms with Gasteiger partial charge in [0.05, 0.1) is 29.5 Å². The Morgan fingerprint density at radius 2 is 1.64 bits per heavy atom. The summed E-state index contributed by atoms with van der Waals surface area (Å²) in [6.07, 6.45) is 1.42. The van der Waals surface area contributed by atoms with Gasteiger partial charge in [0.2, 0.25) is 10.0 Å². The predicted molar refractivity (Wildman–Crippen MR) is 155 cm³/mol. The summed E-state index contributed by atoms with van der Waals surface area (Å²) < 4.78 is 26.3. The van der Waals surface area contributed by atoms with E-state index in [0.717, 1.165) is 37.7 Å². The maximum atomic E-state index is 12.8. The fourth-order valence-corrected chi connectivity index (χ4v) is 6.34. The Hall–Kier alpha value is -3.63. The van der Waals surface area contributed by atoms with Gasteiger partial charge in [0, 0.05) is 34.2 Å². The van der Waals surface area contributed by atoms with Crippen molar-refractivity contribution in [2.45, 2.75) is 53.2 Å². The Balaban J connectivity index is 1.41. The summed E-state index contributed by atoms with van der Waals surface area (Å²) in [6.45, 7) is 10.3. The highest BCUT2D eigenvalue weighted by molar-refractivity contribution is 7.90. The predicted octanol–water partition coefficient (Wildman–Crippen LogP) is 5.04. The summed E-state index contributed by atoms with van der Waals surface area (Å²) >= 11 is 1.40. The number of aromatic nitrogens is 3. The zero-order valence-electron chi connectivity index (χ0n) is 22.9. The van der Waals surface area contributed by atoms with Gasteiger partial charge in [-0.2, -0.15) is 0 Å². The van der Waals surface area contributed by atoms with Crippen molar-refractivity contribution in [1.29, 1.82) is 0 Å². The number of thiazole rings is 1. The van der Waals surface area contributed by atoms with Crippen LogP contribution in [-0.4, -0.2) is 45.8 Å². The number of rotatable bonds is 9. The van der Waals surface area contributed by atoms with Gasteiger partial charge in [-0.05, 0) is 76.4 Å². The molecule has 4 rings (SSSR count). The minimum atomic E-state index is -3.60. The van der Waals surface area contributed by atoms with Crippen LogP contribution in [0.1, 0.15) is 51.9 Å². The first-order valence-electron chi connectivity index (χ1n) is 12.6. The third-order valence-electron chi connectivity index (χ3n) is 6.56. The van der Waals surface area contributed by atoms with Gasteiger partial charge >= 0.3 is 0 Å². The molecule has 0 aliphatic carbocycles. The second kappa shape index (κ2) is 11.2. The zero-order valence-corrected chi connectivity index (χ0v) is 24.5. The molecule has 0 atom stereocenters. The molecule has 204 valence electrons. The Labute approximate surface area is 233 Å². The number of ketones is 1. The van der Waals surface area contributed by atoms with Gasteiger partial charge in [-0.1, -0.05) is 18.2 Å². The maximum absolute atomic E-state index is 12.8. The SMILES string of the molecule is Cc1cc(-c2cccc(-c3csc(CC(=O)CNC(=O)c4cn(S(=O)(=O)C(C)C)c(C)c4C)n3)c2)cc(C)n1. The number of benzene rings is 1. The minimum absolute atomic E-state index is 0.0914. The Bertz CT molecular complexity index is 1650. The number of carbonyl (C=O) groups excluding carboxylic acids is 2. The van der Waals surface area contributed by atoms with Gasteiger partial charge in [-0.3, -0.25) is 14.6 Å². The summed E-state index contributed by atoms with van der Waals surface area (Å²) in [4.78, 5) is 34.5. The van der Waals surface area contributed by atoms with Gasteiger partial charge in [0.1, 0.15) is 5.01 Å². The van der Waals surface area contributed by atoms with Gasteiger partial charge in [-0.15, -0.1) is 11.3 Å². The summed E-state index contributed by atoms with van der Waals surface area (Å²) in [5, 5.41) is 4.58. The van der Waals surface area contributed by atoms with Crippen molar-refractivity contribution >= 4 is 33.1 Å². The van der Waals surface area contributed by atoms with E-state index in [9.17, 15) is 18.0 Å². The molecule has 3 heterocycles. The molecule has 8 nitrogen and oxygen atoms in total. The molecule has 39 heavy (non-hydrogen) atoms. The van der Waals surface area contributed by atoms with E-state index in [0.29, 0.717) is 16.3 Å². The fraction of sp³-hybridized carbons (Fsp3) is 0.310. The zero-order chi connectivity index (χ0) is 28.5. The Morgan fingerprint density at radius 1 is 0.974 bits per heavy atom. The van der Waals surface area contributed by atoms with E-state index in [1.54, 1.807) is 27.7 Å². The van der Waals surface area contributed by atoms with Gasteiger partial charge in [0.15, 0.2) is 5.78 Å². The Morgan fingerprint density at radius 3 is 2.31 bits per heavy atom. The van der Waals surface area contributed by atoms with Crippen LogP contribution in [0, 0.1) is 27.7 Å². The van der Waals surface area contributed by atoms with E-state index in [1.165, 1.54) is 17.5 Å². The van der Waals surface area contributed by atoms with Crippen LogP contribution in [0.2, 0.25) is 0 Å². The lowest BCUT2D eigenvalue weighted by Gasteiger charge is -2.10. The average Bonchev–Trinajstić information content (AvgIpc) is 3.46. The maximum Gasteiger partial charge on any atom is 0.253 e. The van der Waals surface area contributed by atoms with Crippen molar-refractivity contribution in [3.8, 4) is 22.4 Å². The summed E-state index contributed by atoms with van der Waals surface area (Å²) in [5.41, 5.74) is 7.09. The summed E-state index contributed by atoms with van der Waals surface area (Å²) in [5.74, 6) is -0.677. The smallest absolute Gasteiger partial charge is 0.253 e. The molecular formula is C29H32N4O4S2. The van der Waals surface area contributed by atoms with Gasteiger partial charge in [0.25, 0.3) is 5.91 Å². The molecule has 3 aromatic heterocycles. The van der Waals surface area contributed by atoms with Crippen LogP contribution in [-0.2, 0) is 21.2 Å². The van der Waals surface area contributed by atoms with Crippen LogP contribution in [0.4, 0.5) is 0 Å². The number of carbonyl (C=O) groups is 2. The fourth-order valence-electron chi connectivity index (χ4n) is 4.28. The molecule has 0 saturated carbocycles. The van der Waals surface area contributed by atoms with Crippen molar-refractivity contribution in [3.63, 3.8) is 0 Å². The molecule has 0 spiro atoms. The second-order valence-corrected chi connectivity index (χ2v) is 13.2. The first-order chi connectivity index (χ1) is 18.4. The highest BCUT2D eigenvalue weighted by atomic mass is 32.2. The number of amides is 1. The molecule has 0 aliphatic heterocycles. The lowest BCUT2D eigenvalue weighted by molar-refractivity contribution is -0.117. The summed E-state index contributed by atoms with van der Waals surface area (Å²) in [7, 11) is -3.60. The second-order valence-electron chi connectivity index (χ2n) is 9.89. The van der Waals surface area contributed by atoms with E-state index in [2.05, 4.69) is 21.4 Å². The molecule has 1 amide bonds. The topological polar surface area (TPSA) is 111 Å². The molecule has 10 heteroatoms.